The first kappa shape index (κ1) is 37.5. The summed E-state index contributed by atoms with van der Waals surface area (Å²) < 4.78 is 29.5. The molecule has 10 heteroatoms. The number of nitrogens with zero attached hydrogens (tertiary/aromatic N) is 1. The number of ether oxygens (including phenoxy) is 5. The molecule has 2 aromatic carbocycles. The van der Waals surface area contributed by atoms with Gasteiger partial charge in [0.25, 0.3) is 0 Å². The lowest BCUT2D eigenvalue weighted by Crippen LogP contribution is -2.70. The molecule has 1 aliphatic heterocycles. The smallest absolute Gasteiger partial charge is 0.339 e. The van der Waals surface area contributed by atoms with E-state index < -0.39 is 72.3 Å². The fourth-order valence-electron chi connectivity index (χ4n) is 5.88. The average Bonchev–Trinajstić information content (AvgIpc) is 3.22. The summed E-state index contributed by atoms with van der Waals surface area (Å²) in [6, 6.07) is 16.5. The number of benzene rings is 2. The zero-order valence-corrected chi connectivity index (χ0v) is 30.0. The average molecular weight is 677 g/mol. The Hall–Kier alpha value is -4.28. The summed E-state index contributed by atoms with van der Waals surface area (Å²) in [7, 11) is 4.99. The Morgan fingerprint density at radius 2 is 1.16 bits per heavy atom. The number of rotatable bonds is 11. The maximum absolute atomic E-state index is 13.3. The Morgan fingerprint density at radius 3 is 1.63 bits per heavy atom. The van der Waals surface area contributed by atoms with Gasteiger partial charge in [0.2, 0.25) is 18.4 Å². The number of fused-ring (bicyclic) bond motifs is 2. The normalized spacial score (nSPS) is 21.8. The van der Waals surface area contributed by atoms with Crippen molar-refractivity contribution < 1.29 is 47.3 Å². The van der Waals surface area contributed by atoms with Gasteiger partial charge in [-0.1, -0.05) is 108 Å². The van der Waals surface area contributed by atoms with E-state index in [4.69, 9.17) is 23.7 Å². The predicted molar refractivity (Wildman–Crippen MR) is 185 cm³/mol. The first-order valence-corrected chi connectivity index (χ1v) is 16.9. The van der Waals surface area contributed by atoms with Crippen molar-refractivity contribution >= 4 is 41.6 Å². The molecule has 264 valence electrons. The molecular formula is C39H50NO9+. The highest BCUT2D eigenvalue weighted by molar-refractivity contribution is 5.93. The third-order valence-electron chi connectivity index (χ3n) is 8.80. The molecule has 0 unspecified atom stereocenters. The molecule has 0 N–H and O–H groups in total. The van der Waals surface area contributed by atoms with E-state index in [0.717, 1.165) is 27.8 Å². The number of likely N-dealkylation sites (N-methyl/N-ethyl adjacent to an activating group) is 1. The molecule has 2 aliphatic rings. The second-order valence-electron chi connectivity index (χ2n) is 14.1. The second-order valence-corrected chi connectivity index (χ2v) is 14.1. The number of hydrogen-bond acceptors (Lipinski definition) is 9. The standard InChI is InChI=1S/C39H50NO9/c1-23(2)36(41)47-31-32(48-37(42)24(3)4)34(39(44)45-9)46-35(33(31)49-38(43)25(5)6)40(7,8)22-14-19-30-28-17-12-10-15-26(28)20-21-27-16-11-13-18-29(27)30/h10-13,15-21,23-25,31-35H,14,22H2,1-9H3/q+1/t31-,32-,33+,34-,35+/m0/s1. The van der Waals surface area contributed by atoms with E-state index in [1.54, 1.807) is 41.5 Å². The number of hydrogen-bond donors (Lipinski definition) is 0. The van der Waals surface area contributed by atoms with Crippen molar-refractivity contribution in [3.63, 3.8) is 0 Å². The van der Waals surface area contributed by atoms with E-state index in [9.17, 15) is 19.2 Å². The van der Waals surface area contributed by atoms with Gasteiger partial charge in [0, 0.05) is 6.42 Å². The minimum Gasteiger partial charge on any atom is -0.467 e. The molecule has 0 aromatic heterocycles. The third kappa shape index (κ3) is 8.66. The molecule has 2 aromatic rings. The number of carbonyl (C=O) groups excluding carboxylic acids is 4. The maximum atomic E-state index is 13.3. The molecule has 0 amide bonds. The summed E-state index contributed by atoms with van der Waals surface area (Å²) in [5.41, 5.74) is 5.50. The molecule has 1 saturated heterocycles. The van der Waals surface area contributed by atoms with Gasteiger partial charge >= 0.3 is 23.9 Å². The monoisotopic (exact) mass is 676 g/mol. The Bertz CT molecular complexity index is 1540. The van der Waals surface area contributed by atoms with Gasteiger partial charge < -0.3 is 23.7 Å². The fourth-order valence-corrected chi connectivity index (χ4v) is 5.88. The summed E-state index contributed by atoms with van der Waals surface area (Å²) in [5.74, 6) is -4.28. The lowest BCUT2D eigenvalue weighted by atomic mass is 9.92. The molecule has 1 heterocycles. The molecule has 0 saturated carbocycles. The van der Waals surface area contributed by atoms with Crippen LogP contribution in [0.4, 0.5) is 0 Å². The van der Waals surface area contributed by atoms with Gasteiger partial charge in [-0.15, -0.1) is 0 Å². The molecule has 0 spiro atoms. The zero-order chi connectivity index (χ0) is 36.0. The minimum atomic E-state index is -1.46. The quantitative estimate of drug-likeness (QED) is 0.144. The van der Waals surface area contributed by atoms with Crippen LogP contribution in [0, 0.1) is 17.8 Å². The number of quaternary nitrogens is 1. The molecule has 0 radical (unpaired) electrons. The van der Waals surface area contributed by atoms with Crippen LogP contribution >= 0.6 is 0 Å². The van der Waals surface area contributed by atoms with Crippen molar-refractivity contribution in [2.45, 2.75) is 78.6 Å². The van der Waals surface area contributed by atoms with Crippen LogP contribution in [0.5, 0.6) is 0 Å². The molecule has 0 bridgehead atoms. The van der Waals surface area contributed by atoms with Crippen molar-refractivity contribution in [1.29, 1.82) is 0 Å². The highest BCUT2D eigenvalue weighted by Gasteiger charge is 2.60. The van der Waals surface area contributed by atoms with Crippen LogP contribution in [0.3, 0.4) is 0 Å². The number of carbonyl (C=O) groups is 4. The zero-order valence-electron chi connectivity index (χ0n) is 30.0. The van der Waals surface area contributed by atoms with Crippen molar-refractivity contribution in [2.75, 3.05) is 27.7 Å². The second kappa shape index (κ2) is 16.0. The highest BCUT2D eigenvalue weighted by Crippen LogP contribution is 2.36. The van der Waals surface area contributed by atoms with Crippen LogP contribution in [0.1, 0.15) is 70.2 Å². The van der Waals surface area contributed by atoms with Gasteiger partial charge in [-0.25, -0.2) is 4.79 Å². The van der Waals surface area contributed by atoms with Crippen molar-refractivity contribution in [1.82, 2.24) is 0 Å². The van der Waals surface area contributed by atoms with Gasteiger partial charge in [-0.2, -0.15) is 0 Å². The molecule has 1 fully saturated rings. The van der Waals surface area contributed by atoms with E-state index >= 15 is 0 Å². The summed E-state index contributed by atoms with van der Waals surface area (Å²) in [5, 5.41) is 0. The number of esters is 4. The topological polar surface area (TPSA) is 114 Å². The Balaban J connectivity index is 1.77. The van der Waals surface area contributed by atoms with Crippen LogP contribution in [0.2, 0.25) is 0 Å². The third-order valence-corrected chi connectivity index (χ3v) is 8.80. The molecule has 5 atom stereocenters. The van der Waals surface area contributed by atoms with Gasteiger partial charge in [0.15, 0.2) is 12.2 Å². The molecule has 49 heavy (non-hydrogen) atoms. The highest BCUT2D eigenvalue weighted by atomic mass is 16.7. The maximum Gasteiger partial charge on any atom is 0.339 e. The molecule has 1 aliphatic carbocycles. The molecular weight excluding hydrogens is 626 g/mol. The van der Waals surface area contributed by atoms with E-state index in [1.165, 1.54) is 7.11 Å². The Morgan fingerprint density at radius 1 is 0.714 bits per heavy atom. The summed E-state index contributed by atoms with van der Waals surface area (Å²) in [6.45, 7) is 10.4. The minimum absolute atomic E-state index is 0.0927. The van der Waals surface area contributed by atoms with Crippen LogP contribution in [-0.2, 0) is 42.9 Å². The van der Waals surface area contributed by atoms with Crippen molar-refractivity contribution in [3.05, 3.63) is 76.9 Å². The fraction of sp³-hybridized carbons (Fsp3) is 0.487. The SMILES string of the molecule is COC(=O)[C@H]1O[C@@H]([N+](C)(C)CCC=C2c3ccccc3C=Cc3ccccc32)[C@H](OC(=O)C(C)C)[C@@H](OC(=O)C(C)C)[C@@H]1OC(=O)C(C)C. The van der Waals surface area contributed by atoms with Crippen LogP contribution in [0.15, 0.2) is 54.6 Å². The lowest BCUT2D eigenvalue weighted by molar-refractivity contribution is -0.943. The van der Waals surface area contributed by atoms with Crippen LogP contribution < -0.4 is 0 Å². The largest absolute Gasteiger partial charge is 0.467 e. The van der Waals surface area contributed by atoms with Crippen LogP contribution in [0.25, 0.3) is 17.7 Å². The predicted octanol–water partition coefficient (Wildman–Crippen LogP) is 5.67. The van der Waals surface area contributed by atoms with Crippen LogP contribution in [-0.4, -0.2) is 86.8 Å². The van der Waals surface area contributed by atoms with Gasteiger partial charge in [0.1, 0.15) is 0 Å². The van der Waals surface area contributed by atoms with Crippen molar-refractivity contribution in [3.8, 4) is 0 Å². The lowest BCUT2D eigenvalue weighted by Gasteiger charge is -2.49. The Kier molecular flexibility index (Phi) is 12.2. The molecule has 4 rings (SSSR count). The van der Waals surface area contributed by atoms with Crippen molar-refractivity contribution in [2.24, 2.45) is 17.8 Å². The van der Waals surface area contributed by atoms with Gasteiger partial charge in [0.05, 0.1) is 45.5 Å². The van der Waals surface area contributed by atoms with E-state index in [2.05, 4.69) is 42.5 Å². The number of methoxy groups -OCH3 is 1. The summed E-state index contributed by atoms with van der Waals surface area (Å²) >= 11 is 0. The first-order chi connectivity index (χ1) is 23.2. The van der Waals surface area contributed by atoms with E-state index in [-0.39, 0.29) is 4.48 Å². The summed E-state index contributed by atoms with van der Waals surface area (Å²) in [6.07, 6.45) is 0.503. The van der Waals surface area contributed by atoms with Gasteiger partial charge in [-0.05, 0) is 27.8 Å². The summed E-state index contributed by atoms with van der Waals surface area (Å²) in [4.78, 5) is 52.6. The van der Waals surface area contributed by atoms with Gasteiger partial charge in [-0.3, -0.25) is 18.9 Å². The first-order valence-electron chi connectivity index (χ1n) is 16.9. The van der Waals surface area contributed by atoms with E-state index in [1.807, 2.05) is 38.4 Å². The molecule has 10 nitrogen and oxygen atoms in total. The Labute approximate surface area is 289 Å². The van der Waals surface area contributed by atoms with E-state index in [0.29, 0.717) is 13.0 Å².